The molecule has 0 saturated carbocycles. The van der Waals surface area contributed by atoms with Gasteiger partial charge in [-0.2, -0.15) is 0 Å². The third-order valence-corrected chi connectivity index (χ3v) is 1.73. The van der Waals surface area contributed by atoms with Gasteiger partial charge in [0.15, 0.2) is 0 Å². The quantitative estimate of drug-likeness (QED) is 0.542. The molecule has 0 amide bonds. The van der Waals surface area contributed by atoms with Crippen LogP contribution in [0.2, 0.25) is 0 Å². The van der Waals surface area contributed by atoms with Gasteiger partial charge in [0.05, 0.1) is 6.61 Å². The molecule has 4 heteroatoms. The van der Waals surface area contributed by atoms with Crippen LogP contribution in [0.3, 0.4) is 0 Å². The fraction of sp³-hybridized carbons (Fsp3) is 0.571. The van der Waals surface area contributed by atoms with Crippen molar-refractivity contribution in [2.45, 2.75) is 18.6 Å². The van der Waals surface area contributed by atoms with Gasteiger partial charge in [0.2, 0.25) is 0 Å². The third-order valence-electron chi connectivity index (χ3n) is 1.73. The molecule has 3 N–H and O–H groups in total. The second-order valence-electron chi connectivity index (χ2n) is 2.77. The summed E-state index contributed by atoms with van der Waals surface area (Å²) in [4.78, 5) is 10.6. The molecule has 1 aliphatic rings. The van der Waals surface area contributed by atoms with Crippen molar-refractivity contribution in [1.29, 1.82) is 0 Å². The first kappa shape index (κ1) is 8.23. The summed E-state index contributed by atoms with van der Waals surface area (Å²) in [5.74, 6) is -1.05. The summed E-state index contributed by atoms with van der Waals surface area (Å²) in [6.45, 7) is 1.89. The van der Waals surface area contributed by atoms with Crippen molar-refractivity contribution in [3.63, 3.8) is 0 Å². The van der Waals surface area contributed by atoms with Crippen molar-refractivity contribution in [3.8, 4) is 0 Å². The van der Waals surface area contributed by atoms with Crippen molar-refractivity contribution < 1.29 is 14.6 Å². The average molecular weight is 157 g/mol. The van der Waals surface area contributed by atoms with Crippen LogP contribution in [0.4, 0.5) is 0 Å². The minimum absolute atomic E-state index is 0.449. The second-order valence-corrected chi connectivity index (χ2v) is 2.77. The SMILES string of the molecule is CC(N)(C(=O)O)C1C=CCO1. The van der Waals surface area contributed by atoms with Gasteiger partial charge in [-0.25, -0.2) is 0 Å². The summed E-state index contributed by atoms with van der Waals surface area (Å²) in [5, 5.41) is 8.66. The molecule has 0 fully saturated rings. The zero-order valence-corrected chi connectivity index (χ0v) is 6.28. The van der Waals surface area contributed by atoms with Crippen molar-refractivity contribution in [2.75, 3.05) is 6.61 Å². The van der Waals surface area contributed by atoms with E-state index in [1.54, 1.807) is 12.2 Å². The highest BCUT2D eigenvalue weighted by atomic mass is 16.5. The average Bonchev–Trinajstić information content (AvgIpc) is 2.37. The number of rotatable bonds is 2. The highest BCUT2D eigenvalue weighted by Gasteiger charge is 2.38. The van der Waals surface area contributed by atoms with Gasteiger partial charge in [-0.3, -0.25) is 4.79 Å². The van der Waals surface area contributed by atoms with Crippen LogP contribution < -0.4 is 5.73 Å². The predicted octanol–water partition coefficient (Wildman–Crippen LogP) is -0.257. The first-order chi connectivity index (χ1) is 5.05. The topological polar surface area (TPSA) is 72.6 Å². The molecule has 1 aliphatic heterocycles. The Morgan fingerprint density at radius 3 is 2.91 bits per heavy atom. The van der Waals surface area contributed by atoms with Crippen molar-refractivity contribution >= 4 is 5.97 Å². The zero-order chi connectivity index (χ0) is 8.48. The molecule has 4 nitrogen and oxygen atoms in total. The van der Waals surface area contributed by atoms with Gasteiger partial charge in [-0.15, -0.1) is 0 Å². The van der Waals surface area contributed by atoms with Crippen LogP contribution in [-0.2, 0) is 9.53 Å². The van der Waals surface area contributed by atoms with E-state index in [0.29, 0.717) is 6.61 Å². The second kappa shape index (κ2) is 2.64. The number of carboxylic acids is 1. The van der Waals surface area contributed by atoms with Crippen LogP contribution >= 0.6 is 0 Å². The minimum Gasteiger partial charge on any atom is -0.480 e. The van der Waals surface area contributed by atoms with Crippen LogP contribution in [0.15, 0.2) is 12.2 Å². The Labute approximate surface area is 64.6 Å². The maximum absolute atomic E-state index is 10.6. The van der Waals surface area contributed by atoms with Gasteiger partial charge < -0.3 is 15.6 Å². The number of hydrogen-bond donors (Lipinski definition) is 2. The maximum Gasteiger partial charge on any atom is 0.326 e. The summed E-state index contributed by atoms with van der Waals surface area (Å²) in [6.07, 6.45) is 2.94. The Hall–Kier alpha value is -0.870. The minimum atomic E-state index is -1.31. The summed E-state index contributed by atoms with van der Waals surface area (Å²) in [6, 6.07) is 0. The van der Waals surface area contributed by atoms with Crippen molar-refractivity contribution in [1.82, 2.24) is 0 Å². The number of carboxylic acid groups (broad SMARTS) is 1. The van der Waals surface area contributed by atoms with Crippen LogP contribution in [0, 0.1) is 0 Å². The molecule has 0 bridgehead atoms. The monoisotopic (exact) mass is 157 g/mol. The van der Waals surface area contributed by atoms with Crippen molar-refractivity contribution in [2.24, 2.45) is 5.73 Å². The molecule has 0 spiro atoms. The van der Waals surface area contributed by atoms with Crippen LogP contribution in [-0.4, -0.2) is 29.3 Å². The molecule has 62 valence electrons. The van der Waals surface area contributed by atoms with E-state index in [2.05, 4.69) is 0 Å². The Balaban J connectivity index is 2.71. The molecular formula is C7H11NO3. The van der Waals surface area contributed by atoms with Gasteiger partial charge >= 0.3 is 5.97 Å². The molecule has 0 radical (unpaired) electrons. The molecule has 0 aromatic rings. The lowest BCUT2D eigenvalue weighted by Crippen LogP contribution is -2.54. The molecule has 0 aromatic heterocycles. The lowest BCUT2D eigenvalue weighted by molar-refractivity contribution is -0.146. The summed E-state index contributed by atoms with van der Waals surface area (Å²) in [7, 11) is 0. The Kier molecular flexibility index (Phi) is 1.97. The van der Waals surface area contributed by atoms with Gasteiger partial charge in [-0.1, -0.05) is 12.2 Å². The molecule has 0 saturated heterocycles. The van der Waals surface area contributed by atoms with Crippen LogP contribution in [0.25, 0.3) is 0 Å². The predicted molar refractivity (Wildman–Crippen MR) is 39.1 cm³/mol. The summed E-state index contributed by atoms with van der Waals surface area (Å²) in [5.41, 5.74) is 4.18. The van der Waals surface area contributed by atoms with Crippen LogP contribution in [0.1, 0.15) is 6.92 Å². The fourth-order valence-electron chi connectivity index (χ4n) is 0.889. The number of nitrogens with two attached hydrogens (primary N) is 1. The largest absolute Gasteiger partial charge is 0.480 e. The lowest BCUT2D eigenvalue weighted by Gasteiger charge is -2.24. The van der Waals surface area contributed by atoms with Crippen molar-refractivity contribution in [3.05, 3.63) is 12.2 Å². The first-order valence-electron chi connectivity index (χ1n) is 3.35. The molecule has 1 rings (SSSR count). The lowest BCUT2D eigenvalue weighted by atomic mass is 9.97. The molecule has 1 heterocycles. The highest BCUT2D eigenvalue weighted by molar-refractivity contribution is 5.79. The Morgan fingerprint density at radius 1 is 1.91 bits per heavy atom. The van der Waals surface area contributed by atoms with E-state index in [4.69, 9.17) is 15.6 Å². The van der Waals surface area contributed by atoms with E-state index in [9.17, 15) is 4.79 Å². The molecule has 2 unspecified atom stereocenters. The Bertz CT molecular complexity index is 198. The third kappa shape index (κ3) is 1.41. The van der Waals surface area contributed by atoms with Gasteiger partial charge in [0.25, 0.3) is 0 Å². The fourth-order valence-corrected chi connectivity index (χ4v) is 0.889. The standard InChI is InChI=1S/C7H11NO3/c1-7(8,6(9)10)5-3-2-4-11-5/h2-3,5H,4,8H2,1H3,(H,9,10). The smallest absolute Gasteiger partial charge is 0.326 e. The summed E-state index contributed by atoms with van der Waals surface area (Å²) < 4.78 is 5.06. The van der Waals surface area contributed by atoms with E-state index in [-0.39, 0.29) is 0 Å². The molecule has 0 aliphatic carbocycles. The van der Waals surface area contributed by atoms with E-state index in [0.717, 1.165) is 0 Å². The Morgan fingerprint density at radius 2 is 2.55 bits per heavy atom. The van der Waals surface area contributed by atoms with E-state index in [1.165, 1.54) is 6.92 Å². The van der Waals surface area contributed by atoms with Gasteiger partial charge in [0.1, 0.15) is 11.6 Å². The number of aliphatic carboxylic acids is 1. The van der Waals surface area contributed by atoms with Gasteiger partial charge in [0, 0.05) is 0 Å². The number of hydrogen-bond acceptors (Lipinski definition) is 3. The molecule has 11 heavy (non-hydrogen) atoms. The highest BCUT2D eigenvalue weighted by Crippen LogP contribution is 2.16. The maximum atomic E-state index is 10.6. The zero-order valence-electron chi connectivity index (χ0n) is 6.28. The van der Waals surface area contributed by atoms with E-state index < -0.39 is 17.6 Å². The van der Waals surface area contributed by atoms with E-state index >= 15 is 0 Å². The molecule has 0 aromatic carbocycles. The molecular weight excluding hydrogens is 146 g/mol. The summed E-state index contributed by atoms with van der Waals surface area (Å²) >= 11 is 0. The normalized spacial score (nSPS) is 28.4. The first-order valence-corrected chi connectivity index (χ1v) is 3.35. The number of ether oxygens (including phenoxy) is 1. The van der Waals surface area contributed by atoms with E-state index in [1.807, 2.05) is 0 Å². The van der Waals surface area contributed by atoms with Gasteiger partial charge in [-0.05, 0) is 6.92 Å². The number of carbonyl (C=O) groups is 1. The molecule has 2 atom stereocenters. The van der Waals surface area contributed by atoms with Crippen LogP contribution in [0.5, 0.6) is 0 Å².